The molecule has 4 heteroatoms. The van der Waals surface area contributed by atoms with Crippen molar-refractivity contribution in [1.29, 1.82) is 0 Å². The molecule has 2 aromatic carbocycles. The first kappa shape index (κ1) is 13.1. The second-order valence-corrected chi connectivity index (χ2v) is 6.15. The van der Waals surface area contributed by atoms with Gasteiger partial charge in [0.1, 0.15) is 0 Å². The molecule has 0 spiro atoms. The van der Waals surface area contributed by atoms with Crippen LogP contribution in [0.1, 0.15) is 20.8 Å². The number of aromatic amines is 1. The number of hydrogen-bond acceptors (Lipinski definition) is 3. The van der Waals surface area contributed by atoms with Gasteiger partial charge in [-0.1, -0.05) is 48.2 Å². The highest BCUT2D eigenvalue weighted by Crippen LogP contribution is 2.36. The Morgan fingerprint density at radius 1 is 0.864 bits per heavy atom. The zero-order valence-corrected chi connectivity index (χ0v) is 12.3. The van der Waals surface area contributed by atoms with Gasteiger partial charge in [0.25, 0.3) is 0 Å². The number of Topliss-reactive ketones (excluding diaryl/α,β-unsaturated/α-hetero) is 1. The van der Waals surface area contributed by atoms with Crippen LogP contribution in [0.25, 0.3) is 10.9 Å². The summed E-state index contributed by atoms with van der Waals surface area (Å²) in [6.45, 7) is 0. The molecule has 0 saturated heterocycles. The number of allylic oxidation sites excluding steroid dienone is 2. The monoisotopic (exact) mass is 305 g/mol. The molecule has 0 saturated carbocycles. The van der Waals surface area contributed by atoms with Crippen molar-refractivity contribution in [2.75, 3.05) is 0 Å². The summed E-state index contributed by atoms with van der Waals surface area (Å²) < 4.78 is 0. The molecular formula is C18H11NO2S. The number of hydrogen-bond donors (Lipinski definition) is 1. The molecule has 3 nitrogen and oxygen atoms in total. The number of ketones is 2. The van der Waals surface area contributed by atoms with Crippen LogP contribution in [0, 0.1) is 0 Å². The minimum absolute atomic E-state index is 0.0964. The van der Waals surface area contributed by atoms with Crippen LogP contribution in [0.3, 0.4) is 0 Å². The largest absolute Gasteiger partial charge is 0.351 e. The van der Waals surface area contributed by atoms with Crippen LogP contribution in [-0.4, -0.2) is 16.6 Å². The number of nitrogens with one attached hydrogen (secondary N) is 1. The normalized spacial score (nSPS) is 14.1. The molecular weight excluding hydrogens is 294 g/mol. The molecule has 0 aliphatic heterocycles. The van der Waals surface area contributed by atoms with E-state index in [2.05, 4.69) is 4.98 Å². The number of H-pyrrole nitrogens is 1. The van der Waals surface area contributed by atoms with Gasteiger partial charge in [-0.2, -0.15) is 0 Å². The molecule has 0 atom stereocenters. The maximum Gasteiger partial charge on any atom is 0.204 e. The molecule has 4 rings (SSSR count). The summed E-state index contributed by atoms with van der Waals surface area (Å²) in [7, 11) is 0. The molecule has 0 fully saturated rings. The van der Waals surface area contributed by atoms with Crippen LogP contribution >= 0.6 is 11.8 Å². The van der Waals surface area contributed by atoms with Gasteiger partial charge in [0.05, 0.1) is 16.2 Å². The van der Waals surface area contributed by atoms with Crippen LogP contribution in [0.2, 0.25) is 0 Å². The topological polar surface area (TPSA) is 49.9 Å². The fourth-order valence-electron chi connectivity index (χ4n) is 2.63. The lowest BCUT2D eigenvalue weighted by atomic mass is 9.99. The first-order valence-electron chi connectivity index (χ1n) is 6.88. The highest BCUT2D eigenvalue weighted by Gasteiger charge is 2.30. The van der Waals surface area contributed by atoms with Crippen LogP contribution in [0.5, 0.6) is 0 Å². The fraction of sp³-hybridized carbons (Fsp3) is 0. The standard InChI is InChI=1S/C18H11NO2S/c20-14-10-15(22-11-6-2-1-3-7-11)18(21)16-12-8-4-5-9-13(12)19-17(14)16/h1-10,19H. The van der Waals surface area contributed by atoms with Crippen molar-refractivity contribution in [3.8, 4) is 0 Å². The average Bonchev–Trinajstić information content (AvgIpc) is 2.94. The minimum Gasteiger partial charge on any atom is -0.351 e. The maximum absolute atomic E-state index is 12.8. The van der Waals surface area contributed by atoms with E-state index in [9.17, 15) is 9.59 Å². The molecule has 1 aromatic heterocycles. The lowest BCUT2D eigenvalue weighted by Crippen LogP contribution is -2.14. The summed E-state index contributed by atoms with van der Waals surface area (Å²) in [5, 5.41) is 0.801. The summed E-state index contributed by atoms with van der Waals surface area (Å²) in [5.74, 6) is -0.245. The third-order valence-electron chi connectivity index (χ3n) is 3.64. The SMILES string of the molecule is O=C1C=C(Sc2ccccc2)C(=O)c2c1[nH]c1ccccc21. The Labute approximate surface area is 131 Å². The summed E-state index contributed by atoms with van der Waals surface area (Å²) >= 11 is 1.33. The van der Waals surface area contributed by atoms with Crippen molar-refractivity contribution in [3.63, 3.8) is 0 Å². The maximum atomic E-state index is 12.8. The van der Waals surface area contributed by atoms with E-state index >= 15 is 0 Å². The summed E-state index contributed by atoms with van der Waals surface area (Å²) in [4.78, 5) is 29.6. The molecule has 106 valence electrons. The van der Waals surface area contributed by atoms with Crippen molar-refractivity contribution in [2.45, 2.75) is 4.90 Å². The Kier molecular flexibility index (Phi) is 2.98. The first-order valence-corrected chi connectivity index (χ1v) is 7.70. The third kappa shape index (κ3) is 2.00. The Morgan fingerprint density at radius 2 is 1.59 bits per heavy atom. The predicted molar refractivity (Wildman–Crippen MR) is 87.3 cm³/mol. The smallest absolute Gasteiger partial charge is 0.204 e. The quantitative estimate of drug-likeness (QED) is 0.771. The van der Waals surface area contributed by atoms with Crippen molar-refractivity contribution in [1.82, 2.24) is 4.98 Å². The number of fused-ring (bicyclic) bond motifs is 3. The summed E-state index contributed by atoms with van der Waals surface area (Å²) in [5.41, 5.74) is 1.69. The van der Waals surface area contributed by atoms with Gasteiger partial charge in [-0.25, -0.2) is 0 Å². The van der Waals surface area contributed by atoms with Crippen molar-refractivity contribution in [3.05, 3.63) is 76.8 Å². The average molecular weight is 305 g/mol. The number of carbonyl (C=O) groups is 2. The van der Waals surface area contributed by atoms with Crippen LogP contribution in [-0.2, 0) is 0 Å². The summed E-state index contributed by atoms with van der Waals surface area (Å²) in [6.07, 6.45) is 1.43. The van der Waals surface area contributed by atoms with Gasteiger partial charge in [0.15, 0.2) is 0 Å². The van der Waals surface area contributed by atoms with E-state index in [-0.39, 0.29) is 11.6 Å². The lowest BCUT2D eigenvalue weighted by molar-refractivity contribution is 0.0990. The lowest BCUT2D eigenvalue weighted by Gasteiger charge is -2.11. The van der Waals surface area contributed by atoms with E-state index in [0.717, 1.165) is 15.8 Å². The summed E-state index contributed by atoms with van der Waals surface area (Å²) in [6, 6.07) is 17.1. The molecule has 0 radical (unpaired) electrons. The van der Waals surface area contributed by atoms with Gasteiger partial charge in [0.2, 0.25) is 11.6 Å². The molecule has 22 heavy (non-hydrogen) atoms. The van der Waals surface area contributed by atoms with Crippen molar-refractivity contribution >= 4 is 34.2 Å². The van der Waals surface area contributed by atoms with E-state index in [4.69, 9.17) is 0 Å². The minimum atomic E-state index is -0.149. The molecule has 1 aliphatic rings. The van der Waals surface area contributed by atoms with Crippen LogP contribution in [0.4, 0.5) is 0 Å². The molecule has 1 heterocycles. The van der Waals surface area contributed by atoms with E-state index in [1.54, 1.807) is 0 Å². The molecule has 1 aliphatic carbocycles. The Balaban J connectivity index is 1.81. The van der Waals surface area contributed by atoms with Crippen molar-refractivity contribution < 1.29 is 9.59 Å². The van der Waals surface area contributed by atoms with E-state index in [0.29, 0.717) is 16.2 Å². The number of thioether (sulfide) groups is 1. The predicted octanol–water partition coefficient (Wildman–Crippen LogP) is 4.22. The van der Waals surface area contributed by atoms with E-state index < -0.39 is 0 Å². The van der Waals surface area contributed by atoms with Gasteiger partial charge in [-0.15, -0.1) is 0 Å². The number of carbonyl (C=O) groups excluding carboxylic acids is 2. The number of benzene rings is 2. The second-order valence-electron chi connectivity index (χ2n) is 5.04. The van der Waals surface area contributed by atoms with Crippen molar-refractivity contribution in [2.24, 2.45) is 0 Å². The fourth-order valence-corrected chi connectivity index (χ4v) is 3.54. The second kappa shape index (κ2) is 5.00. The number of aromatic nitrogens is 1. The number of para-hydroxylation sites is 1. The molecule has 1 N–H and O–H groups in total. The first-order chi connectivity index (χ1) is 10.7. The zero-order chi connectivity index (χ0) is 15.1. The van der Waals surface area contributed by atoms with Gasteiger partial charge in [0, 0.05) is 21.9 Å². The molecule has 0 unspecified atom stereocenters. The third-order valence-corrected chi connectivity index (χ3v) is 4.67. The molecule has 0 amide bonds. The van der Waals surface area contributed by atoms with Crippen LogP contribution < -0.4 is 0 Å². The Hall–Kier alpha value is -2.59. The van der Waals surface area contributed by atoms with E-state index in [1.165, 1.54) is 17.8 Å². The Bertz CT molecular complexity index is 938. The highest BCUT2D eigenvalue weighted by molar-refractivity contribution is 8.04. The van der Waals surface area contributed by atoms with Gasteiger partial charge >= 0.3 is 0 Å². The molecule has 3 aromatic rings. The number of rotatable bonds is 2. The van der Waals surface area contributed by atoms with Crippen LogP contribution in [0.15, 0.2) is 70.5 Å². The Morgan fingerprint density at radius 3 is 2.41 bits per heavy atom. The zero-order valence-electron chi connectivity index (χ0n) is 11.5. The highest BCUT2D eigenvalue weighted by atomic mass is 32.2. The molecule has 0 bridgehead atoms. The van der Waals surface area contributed by atoms with E-state index in [1.807, 2.05) is 54.6 Å². The van der Waals surface area contributed by atoms with Gasteiger partial charge in [-0.3, -0.25) is 9.59 Å². The van der Waals surface area contributed by atoms with Gasteiger partial charge < -0.3 is 4.98 Å². The van der Waals surface area contributed by atoms with Gasteiger partial charge in [-0.05, 0) is 18.2 Å².